The van der Waals surface area contributed by atoms with E-state index in [1.807, 2.05) is 6.07 Å². The third-order valence-electron chi connectivity index (χ3n) is 3.91. The van der Waals surface area contributed by atoms with E-state index in [1.54, 1.807) is 0 Å². The van der Waals surface area contributed by atoms with Crippen LogP contribution >= 0.6 is 0 Å². The molecule has 1 saturated heterocycles. The van der Waals surface area contributed by atoms with E-state index in [4.69, 9.17) is 15.1 Å². The summed E-state index contributed by atoms with van der Waals surface area (Å²) in [7, 11) is 1.33. The first-order chi connectivity index (χ1) is 11.7. The minimum atomic E-state index is -4.73. The van der Waals surface area contributed by atoms with Gasteiger partial charge in [0.05, 0.1) is 36.3 Å². The largest absolute Gasteiger partial charge is 0.495 e. The number of carboxylic acids is 1. The number of amides is 2. The summed E-state index contributed by atoms with van der Waals surface area (Å²) in [5, 5.41) is 20.2. The summed E-state index contributed by atoms with van der Waals surface area (Å²) in [5.41, 5.74) is 0.322. The Morgan fingerprint density at radius 1 is 1.40 bits per heavy atom. The van der Waals surface area contributed by atoms with Crippen molar-refractivity contribution in [2.45, 2.75) is 6.18 Å². The summed E-state index contributed by atoms with van der Waals surface area (Å²) in [6, 6.07) is 5.15. The first kappa shape index (κ1) is 18.4. The molecular formula is C15H14F3N3O4. The molecule has 2 rings (SSSR count). The van der Waals surface area contributed by atoms with Gasteiger partial charge in [0, 0.05) is 13.1 Å². The van der Waals surface area contributed by atoms with Crippen molar-refractivity contribution in [2.75, 3.05) is 25.5 Å². The topological polar surface area (TPSA) is 103 Å². The maximum absolute atomic E-state index is 13.0. The van der Waals surface area contributed by atoms with E-state index in [0.29, 0.717) is 0 Å². The number of nitriles is 1. The molecule has 2 atom stereocenters. The van der Waals surface area contributed by atoms with Crippen molar-refractivity contribution >= 4 is 17.7 Å². The third-order valence-corrected chi connectivity index (χ3v) is 3.91. The van der Waals surface area contributed by atoms with Crippen LogP contribution in [0, 0.1) is 23.2 Å². The standard InChI is InChI=1S/C15H14F3N3O4/c1-25-12-3-2-8(5-19)4-11(12)20-14(24)21-6-9(13(22)23)10(7-21)15(16,17)18/h2-4,9-10H,6-7H2,1H3,(H,20,24)(H,22,23)/t9-,10-/m1/s1. The van der Waals surface area contributed by atoms with Crippen molar-refractivity contribution in [3.63, 3.8) is 0 Å². The molecule has 7 nitrogen and oxygen atoms in total. The average Bonchev–Trinajstić information content (AvgIpc) is 3.00. The van der Waals surface area contributed by atoms with Gasteiger partial charge in [-0.1, -0.05) is 0 Å². The molecule has 0 bridgehead atoms. The van der Waals surface area contributed by atoms with Gasteiger partial charge < -0.3 is 20.1 Å². The number of likely N-dealkylation sites (tertiary alicyclic amines) is 1. The second-order valence-corrected chi connectivity index (χ2v) is 5.45. The number of carbonyl (C=O) groups is 2. The number of hydrogen-bond acceptors (Lipinski definition) is 4. The van der Waals surface area contributed by atoms with Gasteiger partial charge in [-0.2, -0.15) is 18.4 Å². The molecule has 1 heterocycles. The SMILES string of the molecule is COc1ccc(C#N)cc1NC(=O)N1C[C@@H](C(F)(F)F)[C@H](C(=O)O)C1. The Bertz CT molecular complexity index is 730. The Balaban J connectivity index is 2.20. The fourth-order valence-electron chi connectivity index (χ4n) is 2.62. The van der Waals surface area contributed by atoms with E-state index in [1.165, 1.54) is 25.3 Å². The van der Waals surface area contributed by atoms with Crippen LogP contribution in [0.1, 0.15) is 5.56 Å². The van der Waals surface area contributed by atoms with Crippen LogP contribution in [0.2, 0.25) is 0 Å². The number of carbonyl (C=O) groups excluding carboxylic acids is 1. The molecular weight excluding hydrogens is 343 g/mol. The molecule has 0 aromatic heterocycles. The van der Waals surface area contributed by atoms with Crippen LogP contribution in [0.25, 0.3) is 0 Å². The number of alkyl halides is 3. The lowest BCUT2D eigenvalue weighted by Gasteiger charge is -2.19. The summed E-state index contributed by atoms with van der Waals surface area (Å²) in [6.07, 6.45) is -4.73. The zero-order chi connectivity index (χ0) is 18.8. The number of benzene rings is 1. The molecule has 0 saturated carbocycles. The second-order valence-electron chi connectivity index (χ2n) is 5.45. The predicted octanol–water partition coefficient (Wildman–Crippen LogP) is 2.29. The fraction of sp³-hybridized carbons (Fsp3) is 0.400. The van der Waals surface area contributed by atoms with Gasteiger partial charge in [0.1, 0.15) is 5.75 Å². The first-order valence-electron chi connectivity index (χ1n) is 7.11. The van der Waals surface area contributed by atoms with Crippen LogP contribution in [0.5, 0.6) is 5.75 Å². The van der Waals surface area contributed by atoms with E-state index < -0.39 is 43.1 Å². The third kappa shape index (κ3) is 3.93. The number of methoxy groups -OCH3 is 1. The molecule has 2 N–H and O–H groups in total. The zero-order valence-electron chi connectivity index (χ0n) is 13.0. The average molecular weight is 357 g/mol. The number of aliphatic carboxylic acids is 1. The molecule has 0 aliphatic carbocycles. The number of urea groups is 1. The number of nitrogens with one attached hydrogen (secondary N) is 1. The molecule has 1 aliphatic heterocycles. The number of carboxylic acid groups (broad SMARTS) is 1. The number of ether oxygens (including phenoxy) is 1. The lowest BCUT2D eigenvalue weighted by molar-refractivity contribution is -0.187. The summed E-state index contributed by atoms with van der Waals surface area (Å²) in [5.74, 6) is -5.25. The van der Waals surface area contributed by atoms with Crippen LogP contribution < -0.4 is 10.1 Å². The van der Waals surface area contributed by atoms with Crippen LogP contribution in [0.3, 0.4) is 0 Å². The van der Waals surface area contributed by atoms with Gasteiger partial charge in [0.25, 0.3) is 0 Å². The minimum absolute atomic E-state index is 0.105. The van der Waals surface area contributed by atoms with E-state index in [2.05, 4.69) is 5.32 Å². The maximum atomic E-state index is 13.0. The number of nitrogens with zero attached hydrogens (tertiary/aromatic N) is 2. The summed E-state index contributed by atoms with van der Waals surface area (Å²) >= 11 is 0. The van der Waals surface area contributed by atoms with Crippen molar-refractivity contribution in [1.29, 1.82) is 5.26 Å². The molecule has 0 radical (unpaired) electrons. The van der Waals surface area contributed by atoms with Crippen molar-refractivity contribution in [1.82, 2.24) is 4.90 Å². The van der Waals surface area contributed by atoms with Crippen LogP contribution in [0.4, 0.5) is 23.7 Å². The van der Waals surface area contributed by atoms with Gasteiger partial charge in [-0.3, -0.25) is 4.79 Å². The number of hydrogen-bond donors (Lipinski definition) is 2. The molecule has 1 aromatic carbocycles. The normalized spacial score (nSPS) is 20.0. The van der Waals surface area contributed by atoms with E-state index in [9.17, 15) is 22.8 Å². The molecule has 134 valence electrons. The van der Waals surface area contributed by atoms with E-state index >= 15 is 0 Å². The molecule has 1 aliphatic rings. The zero-order valence-corrected chi connectivity index (χ0v) is 13.0. The highest BCUT2D eigenvalue weighted by Gasteiger charge is 2.53. The number of anilines is 1. The number of halogens is 3. The highest BCUT2D eigenvalue weighted by molar-refractivity contribution is 5.92. The lowest BCUT2D eigenvalue weighted by atomic mass is 9.96. The van der Waals surface area contributed by atoms with Gasteiger partial charge >= 0.3 is 18.2 Å². The highest BCUT2D eigenvalue weighted by Crippen LogP contribution is 2.38. The van der Waals surface area contributed by atoms with Gasteiger partial charge in [-0.25, -0.2) is 4.79 Å². The van der Waals surface area contributed by atoms with Crippen molar-refractivity contribution in [3.05, 3.63) is 23.8 Å². The molecule has 0 spiro atoms. The molecule has 1 fully saturated rings. The van der Waals surface area contributed by atoms with Crippen molar-refractivity contribution in [2.24, 2.45) is 11.8 Å². The van der Waals surface area contributed by atoms with Crippen molar-refractivity contribution < 1.29 is 32.6 Å². The molecule has 2 amide bonds. The molecule has 25 heavy (non-hydrogen) atoms. The Kier molecular flexibility index (Phi) is 5.06. The van der Waals surface area contributed by atoms with Gasteiger partial charge in [0.15, 0.2) is 0 Å². The van der Waals surface area contributed by atoms with Crippen molar-refractivity contribution in [3.8, 4) is 11.8 Å². The van der Waals surface area contributed by atoms with Gasteiger partial charge in [-0.05, 0) is 18.2 Å². The Morgan fingerprint density at radius 2 is 2.08 bits per heavy atom. The van der Waals surface area contributed by atoms with Gasteiger partial charge in [0.2, 0.25) is 0 Å². The van der Waals surface area contributed by atoms with E-state index in [-0.39, 0.29) is 17.0 Å². The second kappa shape index (κ2) is 6.88. The summed E-state index contributed by atoms with van der Waals surface area (Å²) in [6.45, 7) is -1.32. The fourth-order valence-corrected chi connectivity index (χ4v) is 2.62. The monoisotopic (exact) mass is 357 g/mol. The Labute approximate surface area is 140 Å². The molecule has 10 heteroatoms. The summed E-state index contributed by atoms with van der Waals surface area (Å²) in [4.78, 5) is 24.1. The highest BCUT2D eigenvalue weighted by atomic mass is 19.4. The smallest absolute Gasteiger partial charge is 0.394 e. The maximum Gasteiger partial charge on any atom is 0.394 e. The Morgan fingerprint density at radius 3 is 2.56 bits per heavy atom. The number of rotatable bonds is 3. The van der Waals surface area contributed by atoms with Crippen LogP contribution in [-0.2, 0) is 4.79 Å². The first-order valence-corrected chi connectivity index (χ1v) is 7.11. The van der Waals surface area contributed by atoms with Crippen LogP contribution in [0.15, 0.2) is 18.2 Å². The predicted molar refractivity (Wildman–Crippen MR) is 79.0 cm³/mol. The van der Waals surface area contributed by atoms with Gasteiger partial charge in [-0.15, -0.1) is 0 Å². The molecule has 1 aromatic rings. The summed E-state index contributed by atoms with van der Waals surface area (Å²) < 4.78 is 43.9. The quantitative estimate of drug-likeness (QED) is 0.864. The Hall–Kier alpha value is -2.96. The lowest BCUT2D eigenvalue weighted by Crippen LogP contribution is -2.35. The molecule has 0 unspecified atom stereocenters. The van der Waals surface area contributed by atoms with Crippen LogP contribution in [-0.4, -0.2) is 48.4 Å². The minimum Gasteiger partial charge on any atom is -0.495 e. The van der Waals surface area contributed by atoms with E-state index in [0.717, 1.165) is 4.90 Å².